The van der Waals surface area contributed by atoms with Gasteiger partial charge in [-0.3, -0.25) is 4.57 Å². The Morgan fingerprint density at radius 2 is 1.97 bits per heavy atom. The summed E-state index contributed by atoms with van der Waals surface area (Å²) in [4.78, 5) is 8.64. The summed E-state index contributed by atoms with van der Waals surface area (Å²) in [6, 6.07) is 7.60. The fourth-order valence-corrected chi connectivity index (χ4v) is 4.18. The lowest BCUT2D eigenvalue weighted by atomic mass is 10.1. The minimum absolute atomic E-state index is 0.0623. The van der Waals surface area contributed by atoms with Gasteiger partial charge in [0.15, 0.2) is 0 Å². The molecule has 2 aromatic heterocycles. The Balaban J connectivity index is 1.77. The molecule has 0 saturated heterocycles. The second kappa shape index (κ2) is 8.68. The first-order valence-electron chi connectivity index (χ1n) is 10.1. The molecule has 4 rings (SSSR count). The lowest BCUT2D eigenvalue weighted by Gasteiger charge is -2.36. The van der Waals surface area contributed by atoms with Crippen molar-refractivity contribution in [2.75, 3.05) is 24.4 Å². The van der Waals surface area contributed by atoms with E-state index in [-0.39, 0.29) is 50.2 Å². The largest absolute Gasteiger partial charge is 0.436 e. The number of alkyl halides is 3. The van der Waals surface area contributed by atoms with Crippen molar-refractivity contribution in [1.29, 1.82) is 0 Å². The van der Waals surface area contributed by atoms with Crippen LogP contribution in [0, 0.1) is 0 Å². The summed E-state index contributed by atoms with van der Waals surface area (Å²) in [6.45, 7) is 9.78. The molecule has 1 aliphatic rings. The van der Waals surface area contributed by atoms with E-state index < -0.39 is 11.8 Å². The summed E-state index contributed by atoms with van der Waals surface area (Å²) >= 11 is 12.2. The van der Waals surface area contributed by atoms with Crippen LogP contribution in [0.4, 0.5) is 24.9 Å². The maximum atomic E-state index is 14.8. The highest BCUT2D eigenvalue weighted by Gasteiger charge is 2.63. The van der Waals surface area contributed by atoms with E-state index in [2.05, 4.69) is 39.1 Å². The monoisotopic (exact) mass is 512 g/mol. The molecule has 3 aromatic rings. The normalized spacial score (nSPS) is 18.5. The van der Waals surface area contributed by atoms with Crippen LogP contribution in [0.25, 0.3) is 16.7 Å². The van der Waals surface area contributed by atoms with E-state index in [1.165, 1.54) is 12.1 Å². The van der Waals surface area contributed by atoms with Crippen LogP contribution in [0.3, 0.4) is 0 Å². The van der Waals surface area contributed by atoms with Crippen LogP contribution >= 0.6 is 23.2 Å². The van der Waals surface area contributed by atoms with Crippen molar-refractivity contribution in [3.05, 3.63) is 64.9 Å². The number of anilines is 2. The molecule has 180 valence electrons. The fraction of sp³-hybridized carbons (Fsp3) is 0.273. The SMILES string of the molecule is C=C(NC1(C(F)(F)F)C(=C)Nc2nc3cc(Cl)c(Cl)cc3n21)c1cccc(N[C@@H](C)COC)n1. The van der Waals surface area contributed by atoms with E-state index in [4.69, 9.17) is 27.9 Å². The number of ether oxygens (including phenoxy) is 1. The zero-order valence-electron chi connectivity index (χ0n) is 18.2. The van der Waals surface area contributed by atoms with Crippen molar-refractivity contribution < 1.29 is 17.9 Å². The van der Waals surface area contributed by atoms with Gasteiger partial charge in [-0.05, 0) is 31.2 Å². The van der Waals surface area contributed by atoms with Crippen LogP contribution in [0.15, 0.2) is 49.2 Å². The zero-order chi connectivity index (χ0) is 24.8. The third-order valence-corrected chi connectivity index (χ3v) is 6.06. The second-order valence-electron chi connectivity index (χ2n) is 7.85. The van der Waals surface area contributed by atoms with Gasteiger partial charge in [0.2, 0.25) is 5.95 Å². The van der Waals surface area contributed by atoms with Gasteiger partial charge < -0.3 is 20.7 Å². The Hall–Kier alpha value is -2.95. The molecule has 7 nitrogen and oxygen atoms in total. The second-order valence-corrected chi connectivity index (χ2v) is 8.66. The minimum atomic E-state index is -4.85. The number of benzene rings is 1. The number of rotatable bonds is 7. The van der Waals surface area contributed by atoms with Crippen LogP contribution in [-0.4, -0.2) is 40.5 Å². The number of halogens is 5. The molecule has 1 aromatic carbocycles. The lowest BCUT2D eigenvalue weighted by molar-refractivity contribution is -0.203. The van der Waals surface area contributed by atoms with Crippen molar-refractivity contribution in [2.24, 2.45) is 0 Å². The predicted molar refractivity (Wildman–Crippen MR) is 128 cm³/mol. The van der Waals surface area contributed by atoms with Crippen molar-refractivity contribution in [1.82, 2.24) is 19.9 Å². The predicted octanol–water partition coefficient (Wildman–Crippen LogP) is 5.60. The van der Waals surface area contributed by atoms with Crippen molar-refractivity contribution >= 4 is 51.7 Å². The Morgan fingerprint density at radius 1 is 1.26 bits per heavy atom. The molecule has 3 N–H and O–H groups in total. The average molecular weight is 513 g/mol. The Bertz CT molecular complexity index is 1290. The third-order valence-electron chi connectivity index (χ3n) is 5.34. The first kappa shape index (κ1) is 24.2. The van der Waals surface area contributed by atoms with Gasteiger partial charge in [-0.25, -0.2) is 9.97 Å². The zero-order valence-corrected chi connectivity index (χ0v) is 19.7. The lowest BCUT2D eigenvalue weighted by Crippen LogP contribution is -2.56. The molecule has 1 aliphatic heterocycles. The summed E-state index contributed by atoms with van der Waals surface area (Å²) in [7, 11) is 1.57. The van der Waals surface area contributed by atoms with Crippen molar-refractivity contribution in [3.8, 4) is 0 Å². The van der Waals surface area contributed by atoms with Gasteiger partial charge in [-0.2, -0.15) is 13.2 Å². The number of aromatic nitrogens is 3. The van der Waals surface area contributed by atoms with Crippen LogP contribution < -0.4 is 16.0 Å². The summed E-state index contributed by atoms with van der Waals surface area (Å²) < 4.78 is 50.4. The molecule has 0 fully saturated rings. The van der Waals surface area contributed by atoms with E-state index >= 15 is 0 Å². The van der Waals surface area contributed by atoms with Gasteiger partial charge in [0.25, 0.3) is 5.66 Å². The molecular weight excluding hydrogens is 492 g/mol. The van der Waals surface area contributed by atoms with Crippen molar-refractivity contribution in [2.45, 2.75) is 24.8 Å². The van der Waals surface area contributed by atoms with Gasteiger partial charge in [0.1, 0.15) is 5.82 Å². The van der Waals surface area contributed by atoms with Crippen LogP contribution in [0.1, 0.15) is 12.6 Å². The molecule has 0 aliphatic carbocycles. The van der Waals surface area contributed by atoms with Gasteiger partial charge in [-0.15, -0.1) is 0 Å². The third kappa shape index (κ3) is 3.95. The molecule has 2 atom stereocenters. The van der Waals surface area contributed by atoms with Crippen LogP contribution in [0.5, 0.6) is 0 Å². The average Bonchev–Trinajstić information content (AvgIpc) is 3.22. The number of nitrogens with zero attached hydrogens (tertiary/aromatic N) is 3. The van der Waals surface area contributed by atoms with Gasteiger partial charge in [0, 0.05) is 13.2 Å². The Kier molecular flexibility index (Phi) is 6.17. The van der Waals surface area contributed by atoms with Crippen LogP contribution in [0.2, 0.25) is 10.0 Å². The summed E-state index contributed by atoms with van der Waals surface area (Å²) in [6.07, 6.45) is -4.85. The van der Waals surface area contributed by atoms with E-state index in [1.807, 2.05) is 6.92 Å². The number of methoxy groups -OCH3 is 1. The van der Waals surface area contributed by atoms with E-state index in [1.54, 1.807) is 25.3 Å². The first-order chi connectivity index (χ1) is 16.0. The summed E-state index contributed by atoms with van der Waals surface area (Å²) in [5.41, 5.74) is -2.69. The maximum absolute atomic E-state index is 14.8. The van der Waals surface area contributed by atoms with E-state index in [9.17, 15) is 13.2 Å². The number of hydrogen-bond acceptors (Lipinski definition) is 6. The Morgan fingerprint density at radius 3 is 2.65 bits per heavy atom. The molecule has 0 saturated carbocycles. The summed E-state index contributed by atoms with van der Waals surface area (Å²) in [5, 5.41) is 8.55. The van der Waals surface area contributed by atoms with E-state index in [0.717, 1.165) is 4.57 Å². The molecule has 34 heavy (non-hydrogen) atoms. The van der Waals surface area contributed by atoms with Gasteiger partial charge in [-0.1, -0.05) is 42.4 Å². The highest BCUT2D eigenvalue weighted by molar-refractivity contribution is 6.42. The number of nitrogens with one attached hydrogen (secondary N) is 3. The molecule has 0 spiro atoms. The highest BCUT2D eigenvalue weighted by atomic mass is 35.5. The standard InChI is InChI=1S/C22H21Cl2F3N6O/c1-11(10-34-4)28-19-7-5-6-16(30-19)12(2)32-21(22(25,26)27)13(3)29-20-31-17-8-14(23)15(24)9-18(17)33(20)21/h5-9,11,32H,2-3,10H2,1,4H3,(H,28,30)(H,29,31)/t11-,21?/m0/s1. The number of hydrogen-bond donors (Lipinski definition) is 3. The van der Waals surface area contributed by atoms with Crippen molar-refractivity contribution in [3.63, 3.8) is 0 Å². The number of fused-ring (bicyclic) bond motifs is 3. The molecule has 0 amide bonds. The number of imidazole rings is 1. The summed E-state index contributed by atoms with van der Waals surface area (Å²) in [5.74, 6) is 0.400. The quantitative estimate of drug-likeness (QED) is 0.382. The molecular formula is C22H21Cl2F3N6O. The molecule has 3 heterocycles. The first-order valence-corrected chi connectivity index (χ1v) is 10.8. The smallest absolute Gasteiger partial charge is 0.383 e. The van der Waals surface area contributed by atoms with Gasteiger partial charge in [0.05, 0.1) is 44.8 Å². The topological polar surface area (TPSA) is 76.0 Å². The molecule has 1 unspecified atom stereocenters. The molecule has 0 bridgehead atoms. The van der Waals surface area contributed by atoms with Crippen LogP contribution in [-0.2, 0) is 10.4 Å². The number of pyridine rings is 1. The Labute approximate surface area is 203 Å². The molecule has 0 radical (unpaired) electrons. The highest BCUT2D eigenvalue weighted by Crippen LogP contribution is 2.49. The maximum Gasteiger partial charge on any atom is 0.436 e. The molecule has 12 heteroatoms. The van der Waals surface area contributed by atoms with E-state index in [0.29, 0.717) is 12.4 Å². The van der Waals surface area contributed by atoms with Gasteiger partial charge >= 0.3 is 6.18 Å². The minimum Gasteiger partial charge on any atom is -0.383 e. The fourth-order valence-electron chi connectivity index (χ4n) is 3.87.